The Kier molecular flexibility index (Phi) is 15.0. The molecule has 2 aromatic rings. The number of benzene rings is 2. The Morgan fingerprint density at radius 1 is 0.869 bits per heavy atom. The number of carboxylic acid groups (broad SMARTS) is 1. The van der Waals surface area contributed by atoms with Crippen molar-refractivity contribution in [3.63, 3.8) is 0 Å². The van der Waals surface area contributed by atoms with Crippen LogP contribution in [0.4, 0.5) is 0 Å². The molecule has 3 aliphatic heterocycles. The second-order valence-corrected chi connectivity index (χ2v) is 19.1. The van der Waals surface area contributed by atoms with Crippen LogP contribution in [0.15, 0.2) is 60.7 Å². The summed E-state index contributed by atoms with van der Waals surface area (Å²) in [7, 11) is 0. The number of ether oxygens (including phenoxy) is 5. The summed E-state index contributed by atoms with van der Waals surface area (Å²) in [5.41, 5.74) is 6.55. The molecule has 0 spiro atoms. The molecule has 9 nitrogen and oxygen atoms in total. The number of aliphatic hydroxyl groups is 1. The van der Waals surface area contributed by atoms with E-state index in [0.717, 1.165) is 72.8 Å². The summed E-state index contributed by atoms with van der Waals surface area (Å²) in [6.45, 7) is 20.0. The summed E-state index contributed by atoms with van der Waals surface area (Å²) in [4.78, 5) is 24.9. The van der Waals surface area contributed by atoms with E-state index in [1.807, 2.05) is 78.8 Å². The Morgan fingerprint density at radius 2 is 1.57 bits per heavy atom. The highest BCUT2D eigenvalue weighted by Crippen LogP contribution is 2.38. The van der Waals surface area contributed by atoms with Crippen LogP contribution in [-0.2, 0) is 23.7 Å². The van der Waals surface area contributed by atoms with E-state index >= 15 is 0 Å². The minimum atomic E-state index is -0.913. The molecule has 2 aliphatic carbocycles. The summed E-state index contributed by atoms with van der Waals surface area (Å²) < 4.78 is 30.9. The van der Waals surface area contributed by atoms with Gasteiger partial charge in [0.2, 0.25) is 0 Å². The average Bonchev–Trinajstić information content (AvgIpc) is 3.93. The Hall–Kier alpha value is -3.86. The second-order valence-electron chi connectivity index (χ2n) is 19.1. The van der Waals surface area contributed by atoms with E-state index < -0.39 is 17.5 Å². The molecule has 2 saturated heterocycles. The molecule has 0 aromatic heterocycles. The number of carboxylic acids is 1. The first kappa shape index (κ1) is 46.6. The lowest BCUT2D eigenvalue weighted by atomic mass is 9.93. The summed E-state index contributed by atoms with van der Waals surface area (Å²) in [5.74, 6) is -1.51. The molecule has 0 amide bonds. The number of fused-ring (bicyclic) bond motifs is 3. The third kappa shape index (κ3) is 11.8. The van der Waals surface area contributed by atoms with E-state index in [1.165, 1.54) is 0 Å². The standard InChI is InChI=1S/C26H36O5.C26H34O4/c1-16-14-18(3)23(25(28)29)20(15-16)9-7-11-22-24(31-26(4,5)30-22)17(2)12-13-19-8-6-10-21(19)27;1-16-14-18(3)23-20(15-16)9-7-11-22-24(30-26(4,5)29-22)17(2)12-13-19-8-6-10-21(19)28-25(23)27/h7,9,12-15,17,19,21-22,24,27H,6,8,10-11H2,1-5H3,(H,28,29);7,9,12-15,17,19,21-22,24H,6,8,10-11H2,1-5H3/b2*9-7+,13-12-/t2*17?,19-,21+,22+,24-/m11/s1. The number of carbonyl (C=O) groups excluding carboxylic acids is 1. The van der Waals surface area contributed by atoms with Gasteiger partial charge in [-0.15, -0.1) is 0 Å². The Labute approximate surface area is 364 Å². The van der Waals surface area contributed by atoms with Crippen LogP contribution in [0.1, 0.15) is 147 Å². The molecular formula is C52H70O9. The van der Waals surface area contributed by atoms with Crippen LogP contribution in [0.3, 0.4) is 0 Å². The first-order valence-corrected chi connectivity index (χ1v) is 22.6. The lowest BCUT2D eigenvalue weighted by Gasteiger charge is -2.23. The van der Waals surface area contributed by atoms with Gasteiger partial charge in [-0.25, -0.2) is 9.59 Å². The molecule has 332 valence electrons. The first-order chi connectivity index (χ1) is 28.8. The van der Waals surface area contributed by atoms with Crippen LogP contribution in [0.5, 0.6) is 0 Å². The van der Waals surface area contributed by atoms with Gasteiger partial charge in [-0.3, -0.25) is 0 Å². The minimum Gasteiger partial charge on any atom is -0.478 e. The van der Waals surface area contributed by atoms with Crippen molar-refractivity contribution in [3.8, 4) is 0 Å². The Balaban J connectivity index is 0.000000204. The van der Waals surface area contributed by atoms with Crippen LogP contribution in [0.25, 0.3) is 12.2 Å². The number of carbonyl (C=O) groups is 2. The number of esters is 1. The van der Waals surface area contributed by atoms with Crippen LogP contribution in [-0.4, -0.2) is 70.3 Å². The number of hydrogen-bond acceptors (Lipinski definition) is 8. The van der Waals surface area contributed by atoms with E-state index in [2.05, 4.69) is 63.3 Å². The van der Waals surface area contributed by atoms with E-state index in [0.29, 0.717) is 23.1 Å². The number of rotatable bonds is 7. The molecular weight excluding hydrogens is 769 g/mol. The second kappa shape index (κ2) is 19.7. The topological polar surface area (TPSA) is 121 Å². The van der Waals surface area contributed by atoms with Crippen molar-refractivity contribution in [2.45, 2.75) is 169 Å². The number of aliphatic hydroxyl groups excluding tert-OH is 1. The molecule has 2 aromatic carbocycles. The highest BCUT2D eigenvalue weighted by atomic mass is 16.8. The van der Waals surface area contributed by atoms with Crippen molar-refractivity contribution < 1.29 is 43.5 Å². The van der Waals surface area contributed by atoms with Crippen LogP contribution >= 0.6 is 0 Å². The van der Waals surface area contributed by atoms with Gasteiger partial charge < -0.3 is 33.9 Å². The zero-order valence-electron chi connectivity index (χ0n) is 38.1. The molecule has 10 atom stereocenters. The third-order valence-electron chi connectivity index (χ3n) is 12.9. The summed E-state index contributed by atoms with van der Waals surface area (Å²) >= 11 is 0. The predicted molar refractivity (Wildman–Crippen MR) is 240 cm³/mol. The third-order valence-corrected chi connectivity index (χ3v) is 12.9. The molecule has 2 N–H and O–H groups in total. The molecule has 2 unspecified atom stereocenters. The number of hydrogen-bond donors (Lipinski definition) is 2. The van der Waals surface area contributed by atoms with Gasteiger partial charge in [-0.1, -0.05) is 104 Å². The number of aryl methyl sites for hydroxylation is 4. The van der Waals surface area contributed by atoms with Crippen molar-refractivity contribution in [1.29, 1.82) is 0 Å². The lowest BCUT2D eigenvalue weighted by molar-refractivity contribution is -0.148. The molecule has 0 radical (unpaired) electrons. The van der Waals surface area contributed by atoms with Gasteiger partial charge >= 0.3 is 11.9 Å². The normalized spacial score (nSPS) is 32.3. The summed E-state index contributed by atoms with van der Waals surface area (Å²) in [5, 5.41) is 19.7. The van der Waals surface area contributed by atoms with Crippen molar-refractivity contribution in [3.05, 3.63) is 105 Å². The Morgan fingerprint density at radius 3 is 2.30 bits per heavy atom. The van der Waals surface area contributed by atoms with Gasteiger partial charge in [0.05, 0.1) is 41.6 Å². The SMILES string of the molecule is Cc1cc(C)c(C(=O)O)c(/C=C/C[C@@H]2OC(C)(C)O[C@@H]2C(C)/C=C\[C@H]2CCC[C@@H]2O)c1.Cc1cc(C)c2c(c1)/C=C/C[C@@H]1OC(C)(C)O[C@@H]1C(C)/C=C\[C@H]1CCC[C@@H]1OC2=O. The molecule has 5 aliphatic rings. The molecule has 9 heteroatoms. The predicted octanol–water partition coefficient (Wildman–Crippen LogP) is 11.0. The van der Waals surface area contributed by atoms with E-state index in [1.54, 1.807) is 0 Å². The fraction of sp³-hybridized carbons (Fsp3) is 0.577. The maximum absolute atomic E-state index is 13.2. The van der Waals surface area contributed by atoms with Gasteiger partial charge in [0.25, 0.3) is 0 Å². The van der Waals surface area contributed by atoms with Crippen LogP contribution in [0, 0.1) is 51.4 Å². The van der Waals surface area contributed by atoms with Gasteiger partial charge in [0.1, 0.15) is 6.10 Å². The minimum absolute atomic E-state index is 0.00459. The maximum Gasteiger partial charge on any atom is 0.339 e. The molecule has 0 bridgehead atoms. The smallest absolute Gasteiger partial charge is 0.339 e. The van der Waals surface area contributed by atoms with Crippen LogP contribution < -0.4 is 0 Å². The van der Waals surface area contributed by atoms with Crippen molar-refractivity contribution in [1.82, 2.24) is 0 Å². The van der Waals surface area contributed by atoms with Gasteiger partial charge in [0.15, 0.2) is 11.6 Å². The largest absolute Gasteiger partial charge is 0.478 e. The first-order valence-electron chi connectivity index (χ1n) is 22.6. The lowest BCUT2D eigenvalue weighted by Crippen LogP contribution is -2.29. The fourth-order valence-electron chi connectivity index (χ4n) is 10.0. The van der Waals surface area contributed by atoms with Crippen molar-refractivity contribution >= 4 is 24.1 Å². The monoisotopic (exact) mass is 839 g/mol. The fourth-order valence-corrected chi connectivity index (χ4v) is 10.0. The van der Waals surface area contributed by atoms with Gasteiger partial charge in [0, 0.05) is 23.7 Å². The quantitative estimate of drug-likeness (QED) is 0.207. The molecule has 2 saturated carbocycles. The Bertz CT molecular complexity index is 2000. The zero-order chi connectivity index (χ0) is 44.2. The molecule has 7 rings (SSSR count). The summed E-state index contributed by atoms with van der Waals surface area (Å²) in [6, 6.07) is 7.91. The summed E-state index contributed by atoms with van der Waals surface area (Å²) in [6.07, 6.45) is 23.6. The van der Waals surface area contributed by atoms with Gasteiger partial charge in [-0.05, 0) is 123 Å². The molecule has 4 fully saturated rings. The van der Waals surface area contributed by atoms with Crippen molar-refractivity contribution in [2.75, 3.05) is 0 Å². The van der Waals surface area contributed by atoms with E-state index in [9.17, 15) is 19.8 Å². The van der Waals surface area contributed by atoms with E-state index in [4.69, 9.17) is 23.7 Å². The highest BCUT2D eigenvalue weighted by Gasteiger charge is 2.44. The molecule has 3 heterocycles. The van der Waals surface area contributed by atoms with E-state index in [-0.39, 0.29) is 66.3 Å². The zero-order valence-corrected chi connectivity index (χ0v) is 38.1. The van der Waals surface area contributed by atoms with Gasteiger partial charge in [-0.2, -0.15) is 0 Å². The van der Waals surface area contributed by atoms with Crippen LogP contribution in [0.2, 0.25) is 0 Å². The average molecular weight is 839 g/mol. The molecule has 61 heavy (non-hydrogen) atoms. The van der Waals surface area contributed by atoms with Crippen molar-refractivity contribution in [2.24, 2.45) is 23.7 Å². The number of aromatic carboxylic acids is 1. The maximum atomic E-state index is 13.2. The highest BCUT2D eigenvalue weighted by molar-refractivity contribution is 5.95.